The van der Waals surface area contributed by atoms with E-state index in [0.29, 0.717) is 5.25 Å². The van der Waals surface area contributed by atoms with Crippen LogP contribution in [0.25, 0.3) is 0 Å². The molecule has 0 amide bonds. The number of rotatable bonds is 2. The highest BCUT2D eigenvalue weighted by atomic mass is 32.2. The fourth-order valence-electron chi connectivity index (χ4n) is 1.16. The lowest BCUT2D eigenvalue weighted by Crippen LogP contribution is -2.49. The van der Waals surface area contributed by atoms with Gasteiger partial charge in [-0.15, -0.1) is 0 Å². The van der Waals surface area contributed by atoms with Gasteiger partial charge in [0.15, 0.2) is 0 Å². The number of hydrogen-bond acceptors (Lipinski definition) is 2. The minimum atomic E-state index is -0.804. The summed E-state index contributed by atoms with van der Waals surface area (Å²) in [7, 11) is -0.804. The molecule has 3 heteroatoms. The van der Waals surface area contributed by atoms with Gasteiger partial charge in [-0.05, 0) is 12.1 Å². The Morgan fingerprint density at radius 2 is 1.92 bits per heavy atom. The van der Waals surface area contributed by atoms with Gasteiger partial charge in [0.1, 0.15) is 0 Å². The third kappa shape index (κ3) is 1.42. The molecule has 0 bridgehead atoms. The maximum atomic E-state index is 11.7. The van der Waals surface area contributed by atoms with E-state index < -0.39 is 10.8 Å². The predicted molar refractivity (Wildman–Crippen MR) is 49.5 cm³/mol. The summed E-state index contributed by atoms with van der Waals surface area (Å²) >= 11 is 0. The molecule has 1 aliphatic rings. The molecule has 12 heavy (non-hydrogen) atoms. The maximum absolute atomic E-state index is 11.7. The minimum absolute atomic E-state index is 0.326. The van der Waals surface area contributed by atoms with E-state index in [0.717, 1.165) is 18.0 Å². The van der Waals surface area contributed by atoms with Crippen LogP contribution in [0.2, 0.25) is 0 Å². The molecule has 1 unspecified atom stereocenters. The molecule has 1 heterocycles. The highest BCUT2D eigenvalue weighted by molar-refractivity contribution is 7.85. The Labute approximate surface area is 74.4 Å². The highest BCUT2D eigenvalue weighted by Crippen LogP contribution is 2.13. The zero-order chi connectivity index (χ0) is 8.39. The molecule has 64 valence electrons. The van der Waals surface area contributed by atoms with E-state index in [4.69, 9.17) is 0 Å². The van der Waals surface area contributed by atoms with E-state index in [1.807, 2.05) is 30.3 Å². The first-order valence-corrected chi connectivity index (χ1v) is 5.25. The van der Waals surface area contributed by atoms with Crippen LogP contribution in [0.1, 0.15) is 0 Å². The molecule has 0 aliphatic carbocycles. The van der Waals surface area contributed by atoms with Crippen LogP contribution in [-0.4, -0.2) is 22.5 Å². The van der Waals surface area contributed by atoms with E-state index >= 15 is 0 Å². The fraction of sp³-hybridized carbons (Fsp3) is 0.333. The van der Waals surface area contributed by atoms with Crippen LogP contribution in [0.4, 0.5) is 0 Å². The van der Waals surface area contributed by atoms with Crippen molar-refractivity contribution in [3.8, 4) is 0 Å². The van der Waals surface area contributed by atoms with Gasteiger partial charge in [-0.1, -0.05) is 18.2 Å². The largest absolute Gasteiger partial charge is 0.314 e. The SMILES string of the molecule is O=S(c1ccccc1)C1CNC1. The van der Waals surface area contributed by atoms with Crippen LogP contribution in [0, 0.1) is 0 Å². The molecule has 1 atom stereocenters. The second-order valence-electron chi connectivity index (χ2n) is 2.89. The highest BCUT2D eigenvalue weighted by Gasteiger charge is 2.24. The van der Waals surface area contributed by atoms with Crippen molar-refractivity contribution in [2.45, 2.75) is 10.1 Å². The van der Waals surface area contributed by atoms with Crippen molar-refractivity contribution < 1.29 is 4.21 Å². The molecular weight excluding hydrogens is 170 g/mol. The van der Waals surface area contributed by atoms with Crippen molar-refractivity contribution in [3.63, 3.8) is 0 Å². The molecule has 1 aromatic carbocycles. The lowest BCUT2D eigenvalue weighted by atomic mass is 10.3. The second kappa shape index (κ2) is 3.37. The van der Waals surface area contributed by atoms with Crippen LogP contribution < -0.4 is 5.32 Å². The summed E-state index contributed by atoms with van der Waals surface area (Å²) in [5.41, 5.74) is 0. The summed E-state index contributed by atoms with van der Waals surface area (Å²) in [6.07, 6.45) is 0. The normalized spacial score (nSPS) is 20.0. The Kier molecular flexibility index (Phi) is 2.23. The Balaban J connectivity index is 2.14. The van der Waals surface area contributed by atoms with E-state index in [1.165, 1.54) is 0 Å². The quantitative estimate of drug-likeness (QED) is 0.730. The molecule has 1 aromatic rings. The van der Waals surface area contributed by atoms with Crippen molar-refractivity contribution in [1.29, 1.82) is 0 Å². The van der Waals surface area contributed by atoms with Gasteiger partial charge in [-0.2, -0.15) is 0 Å². The standard InChI is InChI=1S/C9H11NOS/c11-12(9-6-10-7-9)8-4-2-1-3-5-8/h1-5,9-10H,6-7H2. The smallest absolute Gasteiger partial charge is 0.0643 e. The molecule has 0 saturated carbocycles. The Morgan fingerprint density at radius 3 is 2.42 bits per heavy atom. The summed E-state index contributed by atoms with van der Waals surface area (Å²) in [4.78, 5) is 0.948. The van der Waals surface area contributed by atoms with Crippen LogP contribution in [0.15, 0.2) is 35.2 Å². The van der Waals surface area contributed by atoms with Crippen LogP contribution in [0.3, 0.4) is 0 Å². The first-order chi connectivity index (χ1) is 5.88. The molecule has 2 rings (SSSR count). The summed E-state index contributed by atoms with van der Waals surface area (Å²) in [5, 5.41) is 3.45. The summed E-state index contributed by atoms with van der Waals surface area (Å²) in [6, 6.07) is 9.65. The van der Waals surface area contributed by atoms with E-state index in [2.05, 4.69) is 5.32 Å². The van der Waals surface area contributed by atoms with Gasteiger partial charge in [0, 0.05) is 18.0 Å². The summed E-state index contributed by atoms with van der Waals surface area (Å²) < 4.78 is 11.7. The summed E-state index contributed by atoms with van der Waals surface area (Å²) in [5.74, 6) is 0. The summed E-state index contributed by atoms with van der Waals surface area (Å²) in [6.45, 7) is 1.78. The Bertz CT molecular complexity index is 282. The van der Waals surface area contributed by atoms with E-state index in [-0.39, 0.29) is 0 Å². The first kappa shape index (κ1) is 7.95. The van der Waals surface area contributed by atoms with Crippen molar-refractivity contribution in [2.75, 3.05) is 13.1 Å². The van der Waals surface area contributed by atoms with Crippen molar-refractivity contribution in [3.05, 3.63) is 30.3 Å². The average molecular weight is 181 g/mol. The lowest BCUT2D eigenvalue weighted by molar-refractivity contribution is 0.526. The minimum Gasteiger partial charge on any atom is -0.314 e. The average Bonchev–Trinajstić information content (AvgIpc) is 2.03. The molecule has 0 aromatic heterocycles. The zero-order valence-corrected chi connectivity index (χ0v) is 7.51. The van der Waals surface area contributed by atoms with Gasteiger partial charge in [-0.3, -0.25) is 4.21 Å². The van der Waals surface area contributed by atoms with Gasteiger partial charge >= 0.3 is 0 Å². The maximum Gasteiger partial charge on any atom is 0.0643 e. The number of benzene rings is 1. The zero-order valence-electron chi connectivity index (χ0n) is 6.69. The van der Waals surface area contributed by atoms with Crippen molar-refractivity contribution >= 4 is 10.8 Å². The van der Waals surface area contributed by atoms with Gasteiger partial charge in [0.05, 0.1) is 16.0 Å². The molecule has 0 spiro atoms. The molecule has 1 fully saturated rings. The monoisotopic (exact) mass is 181 g/mol. The topological polar surface area (TPSA) is 29.1 Å². The third-order valence-electron chi connectivity index (χ3n) is 2.02. The van der Waals surface area contributed by atoms with Gasteiger partial charge in [-0.25, -0.2) is 0 Å². The van der Waals surface area contributed by atoms with Gasteiger partial charge in [0.2, 0.25) is 0 Å². The predicted octanol–water partition coefficient (Wildman–Crippen LogP) is 0.766. The van der Waals surface area contributed by atoms with Crippen LogP contribution >= 0.6 is 0 Å². The number of nitrogens with one attached hydrogen (secondary N) is 1. The van der Waals surface area contributed by atoms with Crippen molar-refractivity contribution in [2.24, 2.45) is 0 Å². The third-order valence-corrected chi connectivity index (χ3v) is 3.70. The molecular formula is C9H11NOS. The molecule has 0 radical (unpaired) electrons. The Hall–Kier alpha value is -0.670. The number of hydrogen-bond donors (Lipinski definition) is 1. The lowest BCUT2D eigenvalue weighted by Gasteiger charge is -2.25. The second-order valence-corrected chi connectivity index (χ2v) is 4.62. The van der Waals surface area contributed by atoms with E-state index in [1.54, 1.807) is 0 Å². The van der Waals surface area contributed by atoms with Crippen LogP contribution in [-0.2, 0) is 10.8 Å². The van der Waals surface area contributed by atoms with Crippen molar-refractivity contribution in [1.82, 2.24) is 5.32 Å². The van der Waals surface area contributed by atoms with Gasteiger partial charge < -0.3 is 5.32 Å². The van der Waals surface area contributed by atoms with Gasteiger partial charge in [0.25, 0.3) is 0 Å². The Morgan fingerprint density at radius 1 is 1.25 bits per heavy atom. The fourth-order valence-corrected chi connectivity index (χ4v) is 2.51. The molecule has 2 nitrogen and oxygen atoms in total. The van der Waals surface area contributed by atoms with Crippen LogP contribution in [0.5, 0.6) is 0 Å². The first-order valence-electron chi connectivity index (χ1n) is 4.04. The van der Waals surface area contributed by atoms with E-state index in [9.17, 15) is 4.21 Å². The molecule has 1 N–H and O–H groups in total. The molecule has 1 saturated heterocycles. The molecule has 1 aliphatic heterocycles.